The second kappa shape index (κ2) is 6.52. The first-order valence-electron chi connectivity index (χ1n) is 6.79. The van der Waals surface area contributed by atoms with Crippen molar-refractivity contribution in [1.29, 1.82) is 0 Å². The van der Waals surface area contributed by atoms with Crippen LogP contribution in [0.3, 0.4) is 0 Å². The van der Waals surface area contributed by atoms with Crippen molar-refractivity contribution in [2.45, 2.75) is 32.2 Å². The van der Waals surface area contributed by atoms with Gasteiger partial charge in [-0.1, -0.05) is 6.42 Å². The number of nitrogens with one attached hydrogen (secondary N) is 1. The predicted octanol–water partition coefficient (Wildman–Crippen LogP) is 1.83. The lowest BCUT2D eigenvalue weighted by Crippen LogP contribution is -2.41. The average molecular weight is 329 g/mol. The van der Waals surface area contributed by atoms with E-state index >= 15 is 0 Å². The Balaban J connectivity index is 1.95. The monoisotopic (exact) mass is 328 g/mol. The van der Waals surface area contributed by atoms with Gasteiger partial charge in [0.25, 0.3) is 5.56 Å². The maximum atomic E-state index is 11.7. The van der Waals surface area contributed by atoms with Crippen molar-refractivity contribution in [3.8, 4) is 0 Å². The molecule has 1 N–H and O–H groups in total. The van der Waals surface area contributed by atoms with E-state index in [0.717, 1.165) is 12.2 Å². The van der Waals surface area contributed by atoms with Gasteiger partial charge in [-0.15, -0.1) is 0 Å². The normalized spacial score (nSPS) is 18.3. The number of hydrogen-bond acceptors (Lipinski definition) is 4. The number of aromatic nitrogens is 2. The summed E-state index contributed by atoms with van der Waals surface area (Å²) in [5.41, 5.74) is 0.655. The Kier molecular flexibility index (Phi) is 4.99. The fourth-order valence-electron chi connectivity index (χ4n) is 2.38. The van der Waals surface area contributed by atoms with E-state index < -0.39 is 0 Å². The zero-order valence-corrected chi connectivity index (χ0v) is 13.1. The van der Waals surface area contributed by atoms with Gasteiger partial charge in [-0.25, -0.2) is 4.68 Å². The number of likely N-dealkylation sites (tertiary alicyclic amines) is 1. The fourth-order valence-corrected chi connectivity index (χ4v) is 2.88. The quantitative estimate of drug-likeness (QED) is 0.916. The highest BCUT2D eigenvalue weighted by Gasteiger charge is 2.17. The molecule has 0 amide bonds. The maximum absolute atomic E-state index is 11.7. The molecule has 1 atom stereocenters. The van der Waals surface area contributed by atoms with E-state index in [9.17, 15) is 4.79 Å². The molecule has 1 aliphatic rings. The van der Waals surface area contributed by atoms with E-state index in [1.54, 1.807) is 13.2 Å². The van der Waals surface area contributed by atoms with E-state index in [1.807, 2.05) is 0 Å². The second-order valence-electron chi connectivity index (χ2n) is 5.13. The van der Waals surface area contributed by atoms with Gasteiger partial charge in [0, 0.05) is 19.6 Å². The van der Waals surface area contributed by atoms with E-state index in [0.29, 0.717) is 10.5 Å². The molecule has 0 radical (unpaired) electrons. The number of hydrogen-bond donors (Lipinski definition) is 1. The molecule has 19 heavy (non-hydrogen) atoms. The van der Waals surface area contributed by atoms with Crippen LogP contribution in [0.25, 0.3) is 0 Å². The van der Waals surface area contributed by atoms with Gasteiger partial charge in [0.1, 0.15) is 4.47 Å². The zero-order valence-electron chi connectivity index (χ0n) is 11.5. The van der Waals surface area contributed by atoms with E-state index in [4.69, 9.17) is 0 Å². The Bertz CT molecular complexity index is 482. The van der Waals surface area contributed by atoms with Gasteiger partial charge in [-0.3, -0.25) is 9.69 Å². The smallest absolute Gasteiger partial charge is 0.282 e. The summed E-state index contributed by atoms with van der Waals surface area (Å²) in [4.78, 5) is 14.2. The minimum absolute atomic E-state index is 0.115. The molecule has 0 saturated carbocycles. The number of halogens is 1. The standard InChI is InChI=1S/C13H21BrN4O/c1-10(18-6-4-3-5-7-18)8-15-11-9-16-17(2)13(19)12(11)14/h9-10,15H,3-8H2,1-2H3. The van der Waals surface area contributed by atoms with Gasteiger partial charge >= 0.3 is 0 Å². The van der Waals surface area contributed by atoms with Crippen molar-refractivity contribution < 1.29 is 0 Å². The summed E-state index contributed by atoms with van der Waals surface area (Å²) in [5, 5.41) is 7.34. The van der Waals surface area contributed by atoms with Crippen LogP contribution in [0.4, 0.5) is 5.69 Å². The van der Waals surface area contributed by atoms with Crippen LogP contribution in [-0.2, 0) is 7.05 Å². The summed E-state index contributed by atoms with van der Waals surface area (Å²) in [6.45, 7) is 5.41. The third kappa shape index (κ3) is 3.57. The zero-order chi connectivity index (χ0) is 13.8. The third-order valence-electron chi connectivity index (χ3n) is 3.68. The largest absolute Gasteiger partial charge is 0.381 e. The Morgan fingerprint density at radius 1 is 1.42 bits per heavy atom. The molecule has 1 unspecified atom stereocenters. The van der Waals surface area contributed by atoms with Crippen molar-refractivity contribution in [2.24, 2.45) is 7.05 Å². The van der Waals surface area contributed by atoms with Crippen LogP contribution in [0.5, 0.6) is 0 Å². The van der Waals surface area contributed by atoms with Gasteiger partial charge in [-0.2, -0.15) is 5.10 Å². The molecule has 1 aromatic rings. The second-order valence-corrected chi connectivity index (χ2v) is 5.92. The molecule has 0 aromatic carbocycles. The summed E-state index contributed by atoms with van der Waals surface area (Å²) in [6.07, 6.45) is 5.62. The molecule has 1 fully saturated rings. The minimum atomic E-state index is -0.115. The molecule has 2 rings (SSSR count). The molecule has 0 aliphatic carbocycles. The summed E-state index contributed by atoms with van der Waals surface area (Å²) in [5.74, 6) is 0. The predicted molar refractivity (Wildman–Crippen MR) is 80.6 cm³/mol. The van der Waals surface area contributed by atoms with Gasteiger partial charge in [-0.05, 0) is 48.8 Å². The van der Waals surface area contributed by atoms with Crippen LogP contribution < -0.4 is 10.9 Å². The van der Waals surface area contributed by atoms with Crippen LogP contribution in [0, 0.1) is 0 Å². The van der Waals surface area contributed by atoms with Crippen LogP contribution in [0.2, 0.25) is 0 Å². The van der Waals surface area contributed by atoms with Crippen molar-refractivity contribution in [2.75, 3.05) is 25.0 Å². The number of rotatable bonds is 4. The Hall–Kier alpha value is -0.880. The highest BCUT2D eigenvalue weighted by Crippen LogP contribution is 2.17. The van der Waals surface area contributed by atoms with Gasteiger partial charge in [0.2, 0.25) is 0 Å². The van der Waals surface area contributed by atoms with Crippen LogP contribution >= 0.6 is 15.9 Å². The Morgan fingerprint density at radius 2 is 2.11 bits per heavy atom. The molecule has 6 heteroatoms. The summed E-state index contributed by atoms with van der Waals surface area (Å²) in [6, 6.07) is 0.469. The first-order valence-corrected chi connectivity index (χ1v) is 7.58. The number of nitrogens with zero attached hydrogens (tertiary/aromatic N) is 3. The fraction of sp³-hybridized carbons (Fsp3) is 0.692. The van der Waals surface area contributed by atoms with E-state index in [1.165, 1.54) is 37.0 Å². The van der Waals surface area contributed by atoms with Crippen molar-refractivity contribution >= 4 is 21.6 Å². The van der Waals surface area contributed by atoms with Crippen molar-refractivity contribution in [1.82, 2.24) is 14.7 Å². The number of piperidine rings is 1. The van der Waals surface area contributed by atoms with Crippen LogP contribution in [0.1, 0.15) is 26.2 Å². The van der Waals surface area contributed by atoms with Crippen molar-refractivity contribution in [3.63, 3.8) is 0 Å². The topological polar surface area (TPSA) is 50.2 Å². The highest BCUT2D eigenvalue weighted by molar-refractivity contribution is 9.10. The van der Waals surface area contributed by atoms with Gasteiger partial charge in [0.05, 0.1) is 11.9 Å². The lowest BCUT2D eigenvalue weighted by Gasteiger charge is -2.32. The summed E-state index contributed by atoms with van der Waals surface area (Å²) >= 11 is 3.33. The SMILES string of the molecule is CC(CNc1cnn(C)c(=O)c1Br)N1CCCCC1. The Labute approximate surface area is 122 Å². The molecule has 5 nitrogen and oxygen atoms in total. The Morgan fingerprint density at radius 3 is 2.79 bits per heavy atom. The maximum Gasteiger partial charge on any atom is 0.282 e. The summed E-state index contributed by atoms with van der Waals surface area (Å²) < 4.78 is 1.87. The first-order chi connectivity index (χ1) is 9.09. The molecule has 106 valence electrons. The number of aryl methyl sites for hydroxylation is 1. The lowest BCUT2D eigenvalue weighted by molar-refractivity contribution is 0.180. The lowest BCUT2D eigenvalue weighted by atomic mass is 10.1. The highest BCUT2D eigenvalue weighted by atomic mass is 79.9. The molecule has 2 heterocycles. The van der Waals surface area contributed by atoms with Gasteiger partial charge in [0.15, 0.2) is 0 Å². The molecular weight excluding hydrogens is 308 g/mol. The average Bonchev–Trinajstić information content (AvgIpc) is 2.45. The van der Waals surface area contributed by atoms with Crippen LogP contribution in [0.15, 0.2) is 15.5 Å². The molecule has 0 spiro atoms. The number of anilines is 1. The molecule has 1 saturated heterocycles. The van der Waals surface area contributed by atoms with E-state index in [2.05, 4.69) is 38.2 Å². The summed E-state index contributed by atoms with van der Waals surface area (Å²) in [7, 11) is 1.65. The van der Waals surface area contributed by atoms with Gasteiger partial charge < -0.3 is 5.32 Å². The first kappa shape index (κ1) is 14.5. The molecule has 0 bridgehead atoms. The third-order valence-corrected chi connectivity index (χ3v) is 4.45. The molecule has 1 aliphatic heterocycles. The van der Waals surface area contributed by atoms with Crippen molar-refractivity contribution in [3.05, 3.63) is 21.0 Å². The molecule has 1 aromatic heterocycles. The van der Waals surface area contributed by atoms with E-state index in [-0.39, 0.29) is 5.56 Å². The minimum Gasteiger partial charge on any atom is -0.381 e. The molecular formula is C13H21BrN4O. The van der Waals surface area contributed by atoms with Crippen LogP contribution in [-0.4, -0.2) is 40.4 Å².